The Labute approximate surface area is 107 Å². The van der Waals surface area contributed by atoms with E-state index in [0.29, 0.717) is 17.5 Å². The van der Waals surface area contributed by atoms with Crippen molar-refractivity contribution in [1.29, 1.82) is 0 Å². The van der Waals surface area contributed by atoms with E-state index in [2.05, 4.69) is 26.1 Å². The molecule has 0 aliphatic carbocycles. The molecule has 0 aliphatic rings. The van der Waals surface area contributed by atoms with Crippen molar-refractivity contribution < 1.29 is 8.42 Å². The van der Waals surface area contributed by atoms with E-state index in [1.54, 1.807) is 0 Å². The summed E-state index contributed by atoms with van der Waals surface area (Å²) in [7, 11) is -0.816. The summed E-state index contributed by atoms with van der Waals surface area (Å²) in [5.41, 5.74) is 0.233. The Bertz CT molecular complexity index is 291. The van der Waals surface area contributed by atoms with Crippen LogP contribution in [-0.2, 0) is 9.84 Å². The summed E-state index contributed by atoms with van der Waals surface area (Å²) < 4.78 is 23.1. The maximum atomic E-state index is 11.5. The molecule has 1 atom stereocenters. The van der Waals surface area contributed by atoms with E-state index in [1.807, 2.05) is 14.0 Å². The van der Waals surface area contributed by atoms with Crippen molar-refractivity contribution in [2.24, 2.45) is 5.41 Å². The van der Waals surface area contributed by atoms with Crippen LogP contribution >= 0.6 is 0 Å². The summed E-state index contributed by atoms with van der Waals surface area (Å²) in [6.07, 6.45) is 3.54. The third-order valence-corrected chi connectivity index (χ3v) is 5.05. The van der Waals surface area contributed by atoms with Crippen molar-refractivity contribution in [1.82, 2.24) is 5.32 Å². The van der Waals surface area contributed by atoms with E-state index in [0.717, 1.165) is 25.7 Å². The largest absolute Gasteiger partial charge is 0.316 e. The second-order valence-corrected chi connectivity index (χ2v) is 8.16. The van der Waals surface area contributed by atoms with Crippen molar-refractivity contribution in [2.45, 2.75) is 59.4 Å². The normalized spacial score (nSPS) is 14.9. The van der Waals surface area contributed by atoms with Crippen LogP contribution in [-0.4, -0.2) is 33.0 Å². The van der Waals surface area contributed by atoms with Gasteiger partial charge in [-0.05, 0) is 31.7 Å². The Balaban J connectivity index is 3.92. The molecule has 4 heteroatoms. The predicted molar refractivity (Wildman–Crippen MR) is 75.1 cm³/mol. The smallest absolute Gasteiger partial charge is 0.150 e. The lowest BCUT2D eigenvalue weighted by Crippen LogP contribution is -2.37. The lowest BCUT2D eigenvalue weighted by Gasteiger charge is -2.30. The number of hydrogen-bond acceptors (Lipinski definition) is 3. The molecular formula is C13H29NO2S. The Kier molecular flexibility index (Phi) is 7.33. The molecule has 0 saturated carbocycles. The minimum Gasteiger partial charge on any atom is -0.316 e. The SMILES string of the molecule is CCCS(=O)(=O)CCCCC(NC)C(C)(C)C. The molecule has 0 aliphatic heterocycles. The highest BCUT2D eigenvalue weighted by Crippen LogP contribution is 2.23. The molecule has 0 aromatic heterocycles. The highest BCUT2D eigenvalue weighted by molar-refractivity contribution is 7.91. The molecule has 0 radical (unpaired) electrons. The lowest BCUT2D eigenvalue weighted by molar-refractivity contribution is 0.263. The third kappa shape index (κ3) is 7.77. The molecule has 0 spiro atoms. The van der Waals surface area contributed by atoms with Crippen molar-refractivity contribution in [2.75, 3.05) is 18.6 Å². The molecule has 17 heavy (non-hydrogen) atoms. The molecule has 0 aromatic rings. The zero-order chi connectivity index (χ0) is 13.5. The summed E-state index contributed by atoms with van der Waals surface area (Å²) in [6, 6.07) is 0.455. The topological polar surface area (TPSA) is 46.2 Å². The molecule has 0 bridgehead atoms. The van der Waals surface area contributed by atoms with Gasteiger partial charge in [-0.1, -0.05) is 34.1 Å². The first-order valence-corrected chi connectivity index (χ1v) is 8.42. The van der Waals surface area contributed by atoms with Gasteiger partial charge in [0.05, 0.1) is 5.75 Å². The molecule has 1 unspecified atom stereocenters. The van der Waals surface area contributed by atoms with Crippen molar-refractivity contribution >= 4 is 9.84 Å². The van der Waals surface area contributed by atoms with Crippen LogP contribution in [0.2, 0.25) is 0 Å². The molecule has 0 rings (SSSR count). The quantitative estimate of drug-likeness (QED) is 0.685. The van der Waals surface area contributed by atoms with Crippen LogP contribution in [0, 0.1) is 5.41 Å². The molecule has 0 heterocycles. The van der Waals surface area contributed by atoms with Crippen LogP contribution in [0.5, 0.6) is 0 Å². The van der Waals surface area contributed by atoms with Crippen LogP contribution in [0.4, 0.5) is 0 Å². The molecule has 0 amide bonds. The Morgan fingerprint density at radius 2 is 1.71 bits per heavy atom. The fraction of sp³-hybridized carbons (Fsp3) is 1.00. The van der Waals surface area contributed by atoms with Gasteiger partial charge in [-0.3, -0.25) is 0 Å². The molecule has 1 N–H and O–H groups in total. The van der Waals surface area contributed by atoms with Crippen molar-refractivity contribution in [3.63, 3.8) is 0 Å². The second-order valence-electron chi connectivity index (χ2n) is 5.85. The first kappa shape index (κ1) is 16.9. The lowest BCUT2D eigenvalue weighted by atomic mass is 9.84. The molecule has 0 aromatic carbocycles. The van der Waals surface area contributed by atoms with Gasteiger partial charge >= 0.3 is 0 Å². The minimum atomic E-state index is -2.79. The van der Waals surface area contributed by atoms with E-state index in [9.17, 15) is 8.42 Å². The number of hydrogen-bond donors (Lipinski definition) is 1. The second kappa shape index (κ2) is 7.37. The number of sulfone groups is 1. The number of nitrogens with one attached hydrogen (secondary N) is 1. The molecule has 0 saturated heterocycles. The third-order valence-electron chi connectivity index (χ3n) is 3.11. The summed E-state index contributed by atoms with van der Waals surface area (Å²) in [4.78, 5) is 0. The van der Waals surface area contributed by atoms with Gasteiger partial charge in [0, 0.05) is 11.8 Å². The number of unbranched alkanes of at least 4 members (excludes halogenated alkanes) is 1. The minimum absolute atomic E-state index is 0.233. The Hall–Kier alpha value is -0.0900. The molecular weight excluding hydrogens is 234 g/mol. The van der Waals surface area contributed by atoms with Gasteiger partial charge in [0.1, 0.15) is 9.84 Å². The zero-order valence-corrected chi connectivity index (χ0v) is 12.9. The summed E-state index contributed by atoms with van der Waals surface area (Å²) in [5, 5.41) is 3.32. The van der Waals surface area contributed by atoms with Gasteiger partial charge in [0.15, 0.2) is 0 Å². The standard InChI is InChI=1S/C13H29NO2S/c1-6-10-17(15,16)11-8-7-9-12(14-5)13(2,3)4/h12,14H,6-11H2,1-5H3. The van der Waals surface area contributed by atoms with E-state index in [4.69, 9.17) is 0 Å². The summed E-state index contributed by atoms with van der Waals surface area (Å²) in [5.74, 6) is 0.684. The highest BCUT2D eigenvalue weighted by Gasteiger charge is 2.22. The van der Waals surface area contributed by atoms with Crippen LogP contribution < -0.4 is 5.32 Å². The molecule has 104 valence electrons. The average Bonchev–Trinajstić information content (AvgIpc) is 2.15. The van der Waals surface area contributed by atoms with Gasteiger partial charge < -0.3 is 5.32 Å². The average molecular weight is 263 g/mol. The first-order chi connectivity index (χ1) is 7.73. The van der Waals surface area contributed by atoms with Crippen molar-refractivity contribution in [3.8, 4) is 0 Å². The van der Waals surface area contributed by atoms with Crippen LogP contribution in [0.25, 0.3) is 0 Å². The first-order valence-electron chi connectivity index (χ1n) is 6.60. The van der Waals surface area contributed by atoms with E-state index >= 15 is 0 Å². The summed E-state index contributed by atoms with van der Waals surface area (Å²) >= 11 is 0. The fourth-order valence-electron chi connectivity index (χ4n) is 2.09. The predicted octanol–water partition coefficient (Wildman–Crippen LogP) is 2.62. The Morgan fingerprint density at radius 3 is 2.12 bits per heavy atom. The monoisotopic (exact) mass is 263 g/mol. The molecule has 0 fully saturated rings. The summed E-state index contributed by atoms with van der Waals surface area (Å²) in [6.45, 7) is 8.54. The highest BCUT2D eigenvalue weighted by atomic mass is 32.2. The van der Waals surface area contributed by atoms with Crippen LogP contribution in [0.3, 0.4) is 0 Å². The zero-order valence-electron chi connectivity index (χ0n) is 12.0. The van der Waals surface area contributed by atoms with Gasteiger partial charge in [-0.2, -0.15) is 0 Å². The van der Waals surface area contributed by atoms with Gasteiger partial charge in [-0.25, -0.2) is 8.42 Å². The number of rotatable bonds is 8. The molecule has 3 nitrogen and oxygen atoms in total. The van der Waals surface area contributed by atoms with Crippen molar-refractivity contribution in [3.05, 3.63) is 0 Å². The van der Waals surface area contributed by atoms with Crippen LogP contribution in [0.15, 0.2) is 0 Å². The van der Waals surface area contributed by atoms with Gasteiger partial charge in [-0.15, -0.1) is 0 Å². The van der Waals surface area contributed by atoms with Gasteiger partial charge in [0.2, 0.25) is 0 Å². The van der Waals surface area contributed by atoms with Gasteiger partial charge in [0.25, 0.3) is 0 Å². The van der Waals surface area contributed by atoms with E-state index in [-0.39, 0.29) is 5.41 Å². The maximum absolute atomic E-state index is 11.5. The maximum Gasteiger partial charge on any atom is 0.150 e. The van der Waals surface area contributed by atoms with Crippen LogP contribution in [0.1, 0.15) is 53.4 Å². The fourth-order valence-corrected chi connectivity index (χ4v) is 3.56. The van der Waals surface area contributed by atoms with E-state index < -0.39 is 9.84 Å². The Morgan fingerprint density at radius 1 is 1.12 bits per heavy atom. The van der Waals surface area contributed by atoms with E-state index in [1.165, 1.54) is 0 Å².